The van der Waals surface area contributed by atoms with Gasteiger partial charge in [-0.3, -0.25) is 9.11 Å². The van der Waals surface area contributed by atoms with Crippen molar-refractivity contribution in [3.63, 3.8) is 0 Å². The zero-order valence-corrected chi connectivity index (χ0v) is 35.4. The topological polar surface area (TPSA) is 369 Å². The van der Waals surface area contributed by atoms with Gasteiger partial charge >= 0.3 is 10.4 Å². The first-order valence-electron chi connectivity index (χ1n) is 16.6. The predicted molar refractivity (Wildman–Crippen MR) is 222 cm³/mol. The van der Waals surface area contributed by atoms with Crippen LogP contribution in [0.1, 0.15) is 0 Å². The van der Waals surface area contributed by atoms with Crippen LogP contribution < -0.4 is 16.4 Å². The summed E-state index contributed by atoms with van der Waals surface area (Å²) < 4.78 is 99.3. The Hall–Kier alpha value is -4.89. The summed E-state index contributed by atoms with van der Waals surface area (Å²) in [6.45, 7) is -0.313. The number of azo groups is 2. The Labute approximate surface area is 359 Å². The molecule has 0 saturated heterocycles. The third-order valence-corrected chi connectivity index (χ3v) is 12.3. The molecule has 0 aliphatic carbocycles. The quantitative estimate of drug-likeness (QED) is 0.00801. The fraction of sp³-hybridized carbons (Fsp3) is 0.194. The number of aliphatic hydroxyl groups is 1. The van der Waals surface area contributed by atoms with Crippen LogP contribution in [0.25, 0.3) is 10.8 Å². The van der Waals surface area contributed by atoms with Gasteiger partial charge in [-0.25, -0.2) is 17.9 Å². The van der Waals surface area contributed by atoms with Crippen LogP contribution in [0.5, 0.6) is 5.75 Å². The number of phenolic OH excluding ortho intramolecular Hbond substituents is 1. The van der Waals surface area contributed by atoms with E-state index in [2.05, 4.69) is 59.6 Å². The maximum atomic E-state index is 12.6. The Bertz CT molecular complexity index is 2790. The lowest BCUT2D eigenvalue weighted by Crippen LogP contribution is -2.15. The standard InChI is InChI=1S/C31H31ClN10O14S5/c32-29-36-30(34-8-11-57-12-9-43)38-31(37-29)35-19-2-1-3-20(16-19)40-42-27-23(60(48,49)50)15-17-14-22(58-56-55-45)26(25(33)24(17)28(27)44)41-39-18-4-6-21(7-5-18)59(46,47)13-10-54-61(51,52)53/h1-7,14-16,43-45H,8-13,33H2,(H,48,49,50)(H,51,52,53)(H2,34,35,36,37,38). The normalized spacial score (nSPS) is 12.5. The number of nitrogen functional groups attached to an aromatic ring is 1. The summed E-state index contributed by atoms with van der Waals surface area (Å²) >= 11 is 7.94. The van der Waals surface area contributed by atoms with E-state index < -0.39 is 59.0 Å². The van der Waals surface area contributed by atoms with Gasteiger partial charge in [0, 0.05) is 23.7 Å². The van der Waals surface area contributed by atoms with Gasteiger partial charge in [0.05, 0.1) is 63.2 Å². The van der Waals surface area contributed by atoms with Gasteiger partial charge in [-0.15, -0.1) is 14.6 Å². The number of benzene rings is 4. The van der Waals surface area contributed by atoms with Crippen LogP contribution in [0.2, 0.25) is 5.28 Å². The first-order chi connectivity index (χ1) is 28.9. The van der Waals surface area contributed by atoms with Gasteiger partial charge in [0.2, 0.25) is 17.2 Å². The van der Waals surface area contributed by atoms with Crippen molar-refractivity contribution < 1.29 is 63.4 Å². The Morgan fingerprint density at radius 2 is 1.56 bits per heavy atom. The van der Waals surface area contributed by atoms with E-state index in [4.69, 9.17) is 32.3 Å². The Balaban J connectivity index is 1.47. The predicted octanol–water partition coefficient (Wildman–Crippen LogP) is 5.95. The number of fused-ring (bicyclic) bond motifs is 1. The fourth-order valence-corrected chi connectivity index (χ4v) is 8.38. The van der Waals surface area contributed by atoms with E-state index in [9.17, 15) is 34.9 Å². The monoisotopic (exact) mass is 962 g/mol. The van der Waals surface area contributed by atoms with Crippen molar-refractivity contribution in [3.8, 4) is 5.75 Å². The van der Waals surface area contributed by atoms with Crippen molar-refractivity contribution in [1.29, 1.82) is 0 Å². The van der Waals surface area contributed by atoms with Crippen molar-refractivity contribution in [2.24, 2.45) is 20.5 Å². The van der Waals surface area contributed by atoms with Crippen molar-refractivity contribution in [2.45, 2.75) is 14.7 Å². The van der Waals surface area contributed by atoms with Crippen molar-refractivity contribution in [3.05, 3.63) is 65.9 Å². The minimum Gasteiger partial charge on any atom is -0.505 e. The number of rotatable bonds is 21. The number of halogens is 1. The van der Waals surface area contributed by atoms with E-state index in [-0.39, 0.29) is 67.1 Å². The van der Waals surface area contributed by atoms with Gasteiger partial charge in [-0.1, -0.05) is 11.1 Å². The highest BCUT2D eigenvalue weighted by atomic mass is 35.5. The zero-order valence-electron chi connectivity index (χ0n) is 30.6. The number of aliphatic hydroxyl groups excluding tert-OH is 1. The van der Waals surface area contributed by atoms with E-state index >= 15 is 0 Å². The zero-order chi connectivity index (χ0) is 44.4. The molecule has 0 fully saturated rings. The summed E-state index contributed by atoms with van der Waals surface area (Å²) in [4.78, 5) is 11.2. The van der Waals surface area contributed by atoms with Crippen LogP contribution in [0.3, 0.4) is 0 Å². The smallest absolute Gasteiger partial charge is 0.397 e. The third kappa shape index (κ3) is 13.3. The Kier molecular flexibility index (Phi) is 16.1. The Morgan fingerprint density at radius 3 is 2.25 bits per heavy atom. The van der Waals surface area contributed by atoms with Crippen molar-refractivity contribution >= 4 is 123 Å². The second kappa shape index (κ2) is 20.8. The molecular formula is C31H31ClN10O14S5. The van der Waals surface area contributed by atoms with Gasteiger partial charge in [0.1, 0.15) is 16.3 Å². The number of hydrogen-bond donors (Lipinski definition) is 8. The molecule has 0 atom stereocenters. The van der Waals surface area contributed by atoms with E-state index in [1.165, 1.54) is 42.1 Å². The lowest BCUT2D eigenvalue weighted by molar-refractivity contribution is -0.432. The highest BCUT2D eigenvalue weighted by Crippen LogP contribution is 2.49. The molecule has 1 aromatic heterocycles. The molecule has 0 amide bonds. The van der Waals surface area contributed by atoms with E-state index in [1.807, 2.05) is 0 Å². The minimum absolute atomic E-state index is 0.0519. The van der Waals surface area contributed by atoms with Crippen LogP contribution in [-0.2, 0) is 43.9 Å². The first kappa shape index (κ1) is 47.2. The number of hydrogen-bond acceptors (Lipinski definition) is 24. The van der Waals surface area contributed by atoms with Crippen LogP contribution >= 0.6 is 35.4 Å². The maximum Gasteiger partial charge on any atom is 0.397 e. The molecule has 4 aromatic carbocycles. The van der Waals surface area contributed by atoms with Gasteiger partial charge in [-0.2, -0.15) is 53.8 Å². The summed E-state index contributed by atoms with van der Waals surface area (Å²) in [6.07, 6.45) is 0. The summed E-state index contributed by atoms with van der Waals surface area (Å²) in [7, 11) is -14.0. The summed E-state index contributed by atoms with van der Waals surface area (Å²) in [5.41, 5.74) is 5.68. The molecule has 0 unspecified atom stereocenters. The van der Waals surface area contributed by atoms with Gasteiger partial charge in [-0.05, 0) is 71.6 Å². The summed E-state index contributed by atoms with van der Waals surface area (Å²) in [6, 6.07) is 13.0. The molecule has 0 aliphatic rings. The molecule has 0 spiro atoms. The molecule has 0 saturated carbocycles. The average Bonchev–Trinajstić information content (AvgIpc) is 3.18. The molecule has 24 nitrogen and oxygen atoms in total. The molecule has 5 rings (SSSR count). The minimum atomic E-state index is -5.10. The molecule has 9 N–H and O–H groups in total. The molecule has 61 heavy (non-hydrogen) atoms. The van der Waals surface area contributed by atoms with Gasteiger partial charge in [0.25, 0.3) is 10.1 Å². The summed E-state index contributed by atoms with van der Waals surface area (Å²) in [5, 5.41) is 54.5. The molecule has 0 aliphatic heterocycles. The van der Waals surface area contributed by atoms with E-state index in [0.717, 1.165) is 18.2 Å². The van der Waals surface area contributed by atoms with Crippen LogP contribution in [0, 0.1) is 0 Å². The first-order valence-corrected chi connectivity index (χ1v) is 23.4. The molecule has 1 heterocycles. The number of sulfone groups is 1. The highest BCUT2D eigenvalue weighted by molar-refractivity contribution is 7.99. The number of nitrogens with one attached hydrogen (secondary N) is 2. The second-order valence-corrected chi connectivity index (χ2v) is 18.6. The number of aromatic nitrogens is 3. The maximum absolute atomic E-state index is 12.6. The highest BCUT2D eigenvalue weighted by Gasteiger charge is 2.26. The van der Waals surface area contributed by atoms with Crippen molar-refractivity contribution in [2.75, 3.05) is 53.4 Å². The third-order valence-electron chi connectivity index (χ3n) is 7.53. The largest absolute Gasteiger partial charge is 0.505 e. The molecule has 5 aromatic rings. The second-order valence-electron chi connectivity index (χ2n) is 11.7. The lowest BCUT2D eigenvalue weighted by atomic mass is 10.1. The summed E-state index contributed by atoms with van der Waals surface area (Å²) in [5.74, 6) is -0.167. The SMILES string of the molecule is Nc1c(N=Nc2ccc(S(=O)(=O)CCOS(=O)(=O)O)cc2)c(SOOO)cc2cc(S(=O)(=O)O)c(N=Nc3cccc(Nc4nc(Cl)nc(NCCSCCO)n4)c3)c(O)c12. The van der Waals surface area contributed by atoms with Crippen LogP contribution in [0.4, 0.5) is 46.0 Å². The molecule has 30 heteroatoms. The number of aromatic hydroxyl groups is 1. The molecule has 0 bridgehead atoms. The van der Waals surface area contributed by atoms with Gasteiger partial charge < -0.3 is 26.6 Å². The van der Waals surface area contributed by atoms with Crippen molar-refractivity contribution in [1.82, 2.24) is 15.0 Å². The number of nitrogens with zero attached hydrogens (tertiary/aromatic N) is 7. The fourth-order valence-electron chi connectivity index (χ4n) is 4.99. The van der Waals surface area contributed by atoms with E-state index in [0.29, 0.717) is 35.8 Å². The lowest BCUT2D eigenvalue weighted by Gasteiger charge is -2.14. The number of anilines is 4. The van der Waals surface area contributed by atoms with Crippen LogP contribution in [-0.4, -0.2) is 102 Å². The number of thioether (sulfide) groups is 1. The average molecular weight is 963 g/mol. The number of phenols is 1. The van der Waals surface area contributed by atoms with E-state index in [1.54, 1.807) is 12.1 Å². The molecular weight excluding hydrogens is 932 g/mol. The van der Waals surface area contributed by atoms with Crippen LogP contribution in [0.15, 0.2) is 95.8 Å². The number of nitrogens with two attached hydrogens (primary N) is 1. The molecule has 326 valence electrons. The van der Waals surface area contributed by atoms with Gasteiger partial charge in [0.15, 0.2) is 15.6 Å². The molecule has 0 radical (unpaired) electrons. The Morgan fingerprint density at radius 1 is 0.852 bits per heavy atom.